The maximum Gasteiger partial charge on any atom is 0.160 e. The fourth-order valence-electron chi connectivity index (χ4n) is 2.15. The molecule has 0 saturated heterocycles. The van der Waals surface area contributed by atoms with Crippen LogP contribution in [0.5, 0.6) is 0 Å². The summed E-state index contributed by atoms with van der Waals surface area (Å²) in [5, 5.41) is -0.145. The van der Waals surface area contributed by atoms with Crippen molar-refractivity contribution < 1.29 is 4.74 Å². The SMILES string of the molecule is Cc1ccnc2c1nc(C(C)Cl)n2CCOCC(C)C. The second kappa shape index (κ2) is 6.55. The molecule has 110 valence electrons. The molecule has 0 aromatic carbocycles. The highest BCUT2D eigenvalue weighted by Crippen LogP contribution is 2.24. The van der Waals surface area contributed by atoms with Crippen LogP contribution >= 0.6 is 11.6 Å². The molecule has 0 aliphatic heterocycles. The Morgan fingerprint density at radius 1 is 1.35 bits per heavy atom. The van der Waals surface area contributed by atoms with Gasteiger partial charge in [0.25, 0.3) is 0 Å². The smallest absolute Gasteiger partial charge is 0.160 e. The van der Waals surface area contributed by atoms with Crippen molar-refractivity contribution >= 4 is 22.8 Å². The average Bonchev–Trinajstić information content (AvgIpc) is 2.75. The average molecular weight is 296 g/mol. The van der Waals surface area contributed by atoms with Crippen LogP contribution in [-0.2, 0) is 11.3 Å². The van der Waals surface area contributed by atoms with Crippen molar-refractivity contribution in [2.75, 3.05) is 13.2 Å². The van der Waals surface area contributed by atoms with Crippen molar-refractivity contribution in [3.8, 4) is 0 Å². The topological polar surface area (TPSA) is 39.9 Å². The molecule has 2 aromatic rings. The molecule has 0 radical (unpaired) electrons. The van der Waals surface area contributed by atoms with Crippen LogP contribution < -0.4 is 0 Å². The lowest BCUT2D eigenvalue weighted by molar-refractivity contribution is 0.103. The van der Waals surface area contributed by atoms with Gasteiger partial charge in [-0.1, -0.05) is 13.8 Å². The van der Waals surface area contributed by atoms with Crippen LogP contribution in [0.2, 0.25) is 0 Å². The number of fused-ring (bicyclic) bond motifs is 1. The van der Waals surface area contributed by atoms with E-state index in [4.69, 9.17) is 16.3 Å². The summed E-state index contributed by atoms with van der Waals surface area (Å²) in [4.78, 5) is 9.08. The van der Waals surface area contributed by atoms with Gasteiger partial charge >= 0.3 is 0 Å². The van der Waals surface area contributed by atoms with Crippen molar-refractivity contribution in [2.24, 2.45) is 5.92 Å². The number of pyridine rings is 1. The lowest BCUT2D eigenvalue weighted by atomic mass is 10.2. The number of nitrogens with zero attached hydrogens (tertiary/aromatic N) is 3. The predicted octanol–water partition coefficient (Wildman–Crippen LogP) is 3.71. The molecule has 4 nitrogen and oxygen atoms in total. The van der Waals surface area contributed by atoms with Crippen LogP contribution in [0.4, 0.5) is 0 Å². The van der Waals surface area contributed by atoms with E-state index in [9.17, 15) is 0 Å². The van der Waals surface area contributed by atoms with Gasteiger partial charge in [-0.3, -0.25) is 0 Å². The minimum Gasteiger partial charge on any atom is -0.379 e. The van der Waals surface area contributed by atoms with E-state index in [1.54, 1.807) is 0 Å². The maximum absolute atomic E-state index is 6.24. The van der Waals surface area contributed by atoms with Crippen molar-refractivity contribution in [3.63, 3.8) is 0 Å². The monoisotopic (exact) mass is 295 g/mol. The first-order valence-corrected chi connectivity index (χ1v) is 7.48. The van der Waals surface area contributed by atoms with E-state index < -0.39 is 0 Å². The van der Waals surface area contributed by atoms with Gasteiger partial charge in [0.2, 0.25) is 0 Å². The second-order valence-corrected chi connectivity index (χ2v) is 6.16. The summed E-state index contributed by atoms with van der Waals surface area (Å²) in [6.07, 6.45) is 1.81. The van der Waals surface area contributed by atoms with Crippen molar-refractivity contribution in [2.45, 2.75) is 39.6 Å². The standard InChI is InChI=1S/C15H22ClN3O/c1-10(2)9-20-8-7-19-14(12(4)16)18-13-11(3)5-6-17-15(13)19/h5-6,10,12H,7-9H2,1-4H3. The van der Waals surface area contributed by atoms with Crippen LogP contribution in [-0.4, -0.2) is 27.7 Å². The zero-order chi connectivity index (χ0) is 14.7. The zero-order valence-corrected chi connectivity index (χ0v) is 13.3. The highest BCUT2D eigenvalue weighted by molar-refractivity contribution is 6.20. The quantitative estimate of drug-likeness (QED) is 0.602. The molecular formula is C15H22ClN3O. The lowest BCUT2D eigenvalue weighted by Crippen LogP contribution is -2.12. The molecule has 2 heterocycles. The van der Waals surface area contributed by atoms with E-state index in [-0.39, 0.29) is 5.38 Å². The highest BCUT2D eigenvalue weighted by atomic mass is 35.5. The van der Waals surface area contributed by atoms with Crippen LogP contribution in [0, 0.1) is 12.8 Å². The van der Waals surface area contributed by atoms with Crippen molar-refractivity contribution in [1.29, 1.82) is 0 Å². The Kier molecular flexibility index (Phi) is 5.00. The van der Waals surface area contributed by atoms with Gasteiger partial charge in [-0.15, -0.1) is 11.6 Å². The van der Waals surface area contributed by atoms with Crippen LogP contribution in [0.25, 0.3) is 11.2 Å². The number of halogens is 1. The van der Waals surface area contributed by atoms with Crippen LogP contribution in [0.1, 0.15) is 37.5 Å². The van der Waals surface area contributed by atoms with E-state index >= 15 is 0 Å². The van der Waals surface area contributed by atoms with Gasteiger partial charge < -0.3 is 9.30 Å². The summed E-state index contributed by atoms with van der Waals surface area (Å²) in [6, 6.07) is 1.97. The normalized spacial score (nSPS) is 13.3. The highest BCUT2D eigenvalue weighted by Gasteiger charge is 2.16. The molecule has 0 saturated carbocycles. The minimum absolute atomic E-state index is 0.145. The molecule has 0 aliphatic rings. The molecule has 1 atom stereocenters. The molecule has 1 unspecified atom stereocenters. The van der Waals surface area contributed by atoms with E-state index in [0.717, 1.165) is 35.7 Å². The van der Waals surface area contributed by atoms with Crippen LogP contribution in [0.3, 0.4) is 0 Å². The third-order valence-electron chi connectivity index (χ3n) is 3.13. The van der Waals surface area contributed by atoms with Gasteiger partial charge in [0, 0.05) is 19.3 Å². The van der Waals surface area contributed by atoms with E-state index in [2.05, 4.69) is 28.4 Å². The van der Waals surface area contributed by atoms with E-state index in [1.807, 2.05) is 26.1 Å². The predicted molar refractivity (Wildman–Crippen MR) is 82.2 cm³/mol. The van der Waals surface area contributed by atoms with Gasteiger partial charge in [0.1, 0.15) is 11.3 Å². The third kappa shape index (κ3) is 3.30. The molecule has 2 aromatic heterocycles. The van der Waals surface area contributed by atoms with Gasteiger partial charge in [0.15, 0.2) is 5.65 Å². The minimum atomic E-state index is -0.145. The van der Waals surface area contributed by atoms with Gasteiger partial charge in [0.05, 0.1) is 12.0 Å². The summed E-state index contributed by atoms with van der Waals surface area (Å²) in [6.45, 7) is 10.4. The molecule has 20 heavy (non-hydrogen) atoms. The molecule has 0 N–H and O–H groups in total. The number of hydrogen-bond acceptors (Lipinski definition) is 3. The molecule has 5 heteroatoms. The molecule has 0 bridgehead atoms. The molecule has 0 aliphatic carbocycles. The summed E-state index contributed by atoms with van der Waals surface area (Å²) >= 11 is 6.24. The first-order chi connectivity index (χ1) is 9.50. The summed E-state index contributed by atoms with van der Waals surface area (Å²) in [5.41, 5.74) is 2.94. The summed E-state index contributed by atoms with van der Waals surface area (Å²) in [7, 11) is 0. The van der Waals surface area contributed by atoms with Gasteiger partial charge in [-0.2, -0.15) is 0 Å². The Bertz CT molecular complexity index is 578. The third-order valence-corrected chi connectivity index (χ3v) is 3.33. The Labute approximate surface area is 125 Å². The molecule has 0 spiro atoms. The van der Waals surface area contributed by atoms with Crippen molar-refractivity contribution in [3.05, 3.63) is 23.7 Å². The van der Waals surface area contributed by atoms with Crippen molar-refractivity contribution in [1.82, 2.24) is 14.5 Å². The largest absolute Gasteiger partial charge is 0.379 e. The first-order valence-electron chi connectivity index (χ1n) is 7.04. The second-order valence-electron chi connectivity index (χ2n) is 5.51. The van der Waals surface area contributed by atoms with Crippen LogP contribution in [0.15, 0.2) is 12.3 Å². The Hall–Kier alpha value is -1.13. The van der Waals surface area contributed by atoms with E-state index in [0.29, 0.717) is 12.5 Å². The number of rotatable bonds is 6. The number of hydrogen-bond donors (Lipinski definition) is 0. The molecule has 2 rings (SSSR count). The molecular weight excluding hydrogens is 274 g/mol. The fraction of sp³-hybridized carbons (Fsp3) is 0.600. The summed E-state index contributed by atoms with van der Waals surface area (Å²) < 4.78 is 7.73. The van der Waals surface area contributed by atoms with Gasteiger partial charge in [-0.25, -0.2) is 9.97 Å². The van der Waals surface area contributed by atoms with E-state index in [1.165, 1.54) is 0 Å². The molecule has 0 amide bonds. The molecule has 0 fully saturated rings. The number of aryl methyl sites for hydroxylation is 1. The Morgan fingerprint density at radius 2 is 2.10 bits per heavy atom. The number of imidazole rings is 1. The fourth-order valence-corrected chi connectivity index (χ4v) is 2.32. The lowest BCUT2D eigenvalue weighted by Gasteiger charge is -2.11. The Balaban J connectivity index is 2.25. The number of alkyl halides is 1. The number of ether oxygens (including phenoxy) is 1. The first kappa shape index (κ1) is 15.3. The number of aromatic nitrogens is 3. The Morgan fingerprint density at radius 3 is 2.75 bits per heavy atom. The maximum atomic E-state index is 6.24. The zero-order valence-electron chi connectivity index (χ0n) is 12.6. The van der Waals surface area contributed by atoms with Gasteiger partial charge in [-0.05, 0) is 31.4 Å². The summed E-state index contributed by atoms with van der Waals surface area (Å²) in [5.74, 6) is 1.40.